The van der Waals surface area contributed by atoms with Gasteiger partial charge in [-0.2, -0.15) is 26.7 Å². The molecule has 1 aromatic rings. The van der Waals surface area contributed by atoms with E-state index in [4.69, 9.17) is 0 Å². The monoisotopic (exact) mass is 308 g/mol. The molecule has 1 heterocycles. The molecule has 1 fully saturated rings. The predicted molar refractivity (Wildman–Crippen MR) is 74.8 cm³/mol. The Balaban J connectivity index is 0.00000200. The van der Waals surface area contributed by atoms with Gasteiger partial charge in [0.15, 0.2) is 0 Å². The summed E-state index contributed by atoms with van der Waals surface area (Å²) in [5.41, 5.74) is -0.924. The molecule has 2 rings (SSSR count). The molecule has 1 aliphatic rings. The normalized spacial score (nSPS) is 18.9. The van der Waals surface area contributed by atoms with Gasteiger partial charge in [0.05, 0.1) is 5.69 Å². The van der Waals surface area contributed by atoms with Gasteiger partial charge in [-0.1, -0.05) is 6.07 Å². The second kappa shape index (κ2) is 6.32. The lowest BCUT2D eigenvalue weighted by Gasteiger charge is -2.40. The third-order valence-corrected chi connectivity index (χ3v) is 3.58. The Bertz CT molecular complexity index is 449. The van der Waals surface area contributed by atoms with Crippen molar-refractivity contribution in [2.24, 2.45) is 0 Å². The molecule has 114 valence electrons. The van der Waals surface area contributed by atoms with Crippen LogP contribution in [-0.4, -0.2) is 22.2 Å². The lowest BCUT2D eigenvalue weighted by Crippen LogP contribution is -2.49. The van der Waals surface area contributed by atoms with Crippen LogP contribution in [0.2, 0.25) is 0 Å². The van der Waals surface area contributed by atoms with Gasteiger partial charge in [-0.3, -0.25) is 0 Å². The third-order valence-electron chi connectivity index (χ3n) is 3.58. The van der Waals surface area contributed by atoms with Crippen LogP contribution in [0.4, 0.5) is 13.2 Å². The largest absolute Gasteiger partial charge is 0.433 e. The van der Waals surface area contributed by atoms with Crippen LogP contribution in [0.1, 0.15) is 43.7 Å². The summed E-state index contributed by atoms with van der Waals surface area (Å²) in [7, 11) is 0. The fraction of sp³-hybridized carbons (Fsp3) is 0.615. The van der Waals surface area contributed by atoms with Gasteiger partial charge < -0.3 is 10.4 Å². The van der Waals surface area contributed by atoms with E-state index in [1.807, 2.05) is 6.92 Å². The molecule has 0 amide bonds. The molecule has 1 atom stereocenters. The molecule has 1 saturated carbocycles. The number of aliphatic hydroxyl groups is 1. The van der Waals surface area contributed by atoms with Gasteiger partial charge in [-0.05, 0) is 38.3 Å². The smallest absolute Gasteiger partial charge is 0.385 e. The van der Waals surface area contributed by atoms with Gasteiger partial charge in [0, 0.05) is 12.1 Å². The first-order valence-corrected chi connectivity index (χ1v) is 6.27. The van der Waals surface area contributed by atoms with Crippen molar-refractivity contribution in [3.05, 3.63) is 29.6 Å². The van der Waals surface area contributed by atoms with Crippen molar-refractivity contribution >= 4 is 13.5 Å². The molecule has 0 aromatic carbocycles. The fourth-order valence-corrected chi connectivity index (χ4v) is 2.13. The molecule has 1 aliphatic carbocycles. The highest BCUT2D eigenvalue weighted by Crippen LogP contribution is 2.31. The average molecular weight is 308 g/mol. The standard InChI is InChI=1S/C13H17F3N2O.H2S/c1-12(6-3-7-12)17-8-10(19)9-4-2-5-11(18-9)13(14,15)16;/h2,4-5,10,17,19H,3,6-8H2,1H3;1H2/t10-;/m0./s1. The number of alkyl halides is 3. The van der Waals surface area contributed by atoms with E-state index in [1.54, 1.807) is 0 Å². The summed E-state index contributed by atoms with van der Waals surface area (Å²) in [4.78, 5) is 3.47. The number of hydrogen-bond donors (Lipinski definition) is 2. The summed E-state index contributed by atoms with van der Waals surface area (Å²) < 4.78 is 37.5. The van der Waals surface area contributed by atoms with Gasteiger partial charge in [-0.15, -0.1) is 0 Å². The first-order valence-electron chi connectivity index (χ1n) is 6.27. The summed E-state index contributed by atoms with van der Waals surface area (Å²) in [5, 5.41) is 13.1. The number of hydrogen-bond acceptors (Lipinski definition) is 3. The van der Waals surface area contributed by atoms with E-state index < -0.39 is 18.0 Å². The van der Waals surface area contributed by atoms with Crippen molar-refractivity contribution in [1.82, 2.24) is 10.3 Å². The highest BCUT2D eigenvalue weighted by Gasteiger charge is 2.34. The second-order valence-corrected chi connectivity index (χ2v) is 5.26. The Morgan fingerprint density at radius 1 is 1.40 bits per heavy atom. The second-order valence-electron chi connectivity index (χ2n) is 5.26. The minimum absolute atomic E-state index is 0. The number of halogens is 3. The number of rotatable bonds is 4. The predicted octanol–water partition coefficient (Wildman–Crippen LogP) is 2.78. The van der Waals surface area contributed by atoms with E-state index in [9.17, 15) is 18.3 Å². The topological polar surface area (TPSA) is 45.1 Å². The van der Waals surface area contributed by atoms with Crippen molar-refractivity contribution in [2.45, 2.75) is 44.0 Å². The first kappa shape index (κ1) is 17.3. The average Bonchev–Trinajstić information content (AvgIpc) is 2.33. The Morgan fingerprint density at radius 2 is 2.05 bits per heavy atom. The number of nitrogens with zero attached hydrogens (tertiary/aromatic N) is 1. The van der Waals surface area contributed by atoms with E-state index in [-0.39, 0.29) is 31.3 Å². The number of nitrogens with one attached hydrogen (secondary N) is 1. The maximum atomic E-state index is 12.5. The van der Waals surface area contributed by atoms with Crippen molar-refractivity contribution in [3.63, 3.8) is 0 Å². The maximum Gasteiger partial charge on any atom is 0.433 e. The number of pyridine rings is 1. The Morgan fingerprint density at radius 3 is 2.55 bits per heavy atom. The van der Waals surface area contributed by atoms with Crippen LogP contribution in [0.15, 0.2) is 18.2 Å². The highest BCUT2D eigenvalue weighted by atomic mass is 32.1. The number of β-amino-alcohol motifs (C(OH)–C–C–N with tert-alkyl or cyclic N) is 1. The summed E-state index contributed by atoms with van der Waals surface area (Å²) in [6.45, 7) is 2.26. The van der Waals surface area contributed by atoms with Gasteiger partial charge in [0.2, 0.25) is 0 Å². The molecule has 7 heteroatoms. The zero-order chi connectivity index (χ0) is 14.1. The van der Waals surface area contributed by atoms with Crippen LogP contribution in [0.3, 0.4) is 0 Å². The molecule has 20 heavy (non-hydrogen) atoms. The number of aliphatic hydroxyl groups excluding tert-OH is 1. The third kappa shape index (κ3) is 4.10. The van der Waals surface area contributed by atoms with Gasteiger partial charge in [-0.25, -0.2) is 4.98 Å². The molecule has 1 aromatic heterocycles. The molecule has 2 N–H and O–H groups in total. The highest BCUT2D eigenvalue weighted by molar-refractivity contribution is 7.59. The molecule has 0 spiro atoms. The van der Waals surface area contributed by atoms with Crippen LogP contribution in [-0.2, 0) is 6.18 Å². The molecule has 3 nitrogen and oxygen atoms in total. The molecule has 0 bridgehead atoms. The van der Waals surface area contributed by atoms with Crippen LogP contribution < -0.4 is 5.32 Å². The van der Waals surface area contributed by atoms with Crippen molar-refractivity contribution in [3.8, 4) is 0 Å². The van der Waals surface area contributed by atoms with E-state index in [0.29, 0.717) is 0 Å². The van der Waals surface area contributed by atoms with Crippen LogP contribution >= 0.6 is 13.5 Å². The lowest BCUT2D eigenvalue weighted by molar-refractivity contribution is -0.141. The summed E-state index contributed by atoms with van der Waals surface area (Å²) in [6, 6.07) is 3.57. The molecule has 0 unspecified atom stereocenters. The minimum Gasteiger partial charge on any atom is -0.385 e. The molecular formula is C13H19F3N2OS. The molecule has 0 saturated heterocycles. The van der Waals surface area contributed by atoms with Crippen molar-refractivity contribution < 1.29 is 18.3 Å². The number of aromatic nitrogens is 1. The van der Waals surface area contributed by atoms with E-state index in [0.717, 1.165) is 25.3 Å². The Labute approximate surface area is 123 Å². The van der Waals surface area contributed by atoms with Crippen LogP contribution in [0.5, 0.6) is 0 Å². The van der Waals surface area contributed by atoms with Crippen molar-refractivity contribution in [1.29, 1.82) is 0 Å². The zero-order valence-corrected chi connectivity index (χ0v) is 12.2. The van der Waals surface area contributed by atoms with Crippen LogP contribution in [0, 0.1) is 0 Å². The minimum atomic E-state index is -4.48. The zero-order valence-electron chi connectivity index (χ0n) is 11.2. The quantitative estimate of drug-likeness (QED) is 0.899. The van der Waals surface area contributed by atoms with E-state index >= 15 is 0 Å². The van der Waals surface area contributed by atoms with Gasteiger partial charge in [0.25, 0.3) is 0 Å². The fourth-order valence-electron chi connectivity index (χ4n) is 2.13. The van der Waals surface area contributed by atoms with E-state index in [2.05, 4.69) is 10.3 Å². The van der Waals surface area contributed by atoms with Crippen molar-refractivity contribution in [2.75, 3.05) is 6.54 Å². The maximum absolute atomic E-state index is 12.5. The summed E-state index contributed by atoms with van der Waals surface area (Å²) in [5.74, 6) is 0. The van der Waals surface area contributed by atoms with Gasteiger partial charge in [0.1, 0.15) is 11.8 Å². The van der Waals surface area contributed by atoms with Crippen LogP contribution in [0.25, 0.3) is 0 Å². The molecule has 0 radical (unpaired) electrons. The molecule has 0 aliphatic heterocycles. The first-order chi connectivity index (χ1) is 8.80. The SMILES string of the molecule is CC1(NC[C@H](O)c2cccc(C(F)(F)F)n2)CCC1.S. The summed E-state index contributed by atoms with van der Waals surface area (Å²) >= 11 is 0. The molecular weight excluding hydrogens is 289 g/mol. The Hall–Kier alpha value is -0.790. The summed E-state index contributed by atoms with van der Waals surface area (Å²) in [6.07, 6.45) is -2.32. The van der Waals surface area contributed by atoms with E-state index in [1.165, 1.54) is 12.1 Å². The lowest BCUT2D eigenvalue weighted by atomic mass is 9.78. The van der Waals surface area contributed by atoms with Gasteiger partial charge >= 0.3 is 6.18 Å². The Kier molecular flexibility index (Phi) is 5.46.